The van der Waals surface area contributed by atoms with Gasteiger partial charge in [-0.1, -0.05) is 36.1 Å². The monoisotopic (exact) mass is 360 g/mol. The zero-order chi connectivity index (χ0) is 17.3. The number of thioether (sulfide) groups is 1. The molecule has 1 aliphatic rings. The number of halogens is 1. The first-order chi connectivity index (χ1) is 11.5. The maximum atomic E-state index is 13.0. The number of carbonyl (C=O) groups excluding carboxylic acids is 1. The number of benzene rings is 2. The van der Waals surface area contributed by atoms with Crippen molar-refractivity contribution in [2.45, 2.75) is 0 Å². The largest absolute Gasteiger partial charge is 0.276 e. The topological polar surface area (TPSA) is 63.4 Å². The van der Waals surface area contributed by atoms with E-state index in [1.165, 1.54) is 41.3 Å². The fraction of sp³-hybridized carbons (Fsp3) is 0. The Morgan fingerprint density at radius 1 is 1.17 bits per heavy atom. The quantitative estimate of drug-likeness (QED) is 0.356. The predicted molar refractivity (Wildman–Crippen MR) is 95.1 cm³/mol. The van der Waals surface area contributed by atoms with E-state index in [1.54, 1.807) is 18.2 Å². The number of nitro benzene ring substituents is 1. The number of anilines is 1. The standard InChI is InChI=1S/C16H9FN2O3S2/c17-11-5-7-12(8-6-11)18-15(20)14(24-16(18)23)9-10-3-1-2-4-13(10)19(21)22/h1-9H. The van der Waals surface area contributed by atoms with Gasteiger partial charge in [0.05, 0.1) is 21.1 Å². The zero-order valence-corrected chi connectivity index (χ0v) is 13.6. The van der Waals surface area contributed by atoms with E-state index in [2.05, 4.69) is 0 Å². The lowest BCUT2D eigenvalue weighted by molar-refractivity contribution is -0.385. The lowest BCUT2D eigenvalue weighted by atomic mass is 10.1. The van der Waals surface area contributed by atoms with E-state index in [0.717, 1.165) is 11.8 Å². The van der Waals surface area contributed by atoms with Gasteiger partial charge >= 0.3 is 0 Å². The van der Waals surface area contributed by atoms with Gasteiger partial charge in [0.25, 0.3) is 11.6 Å². The Morgan fingerprint density at radius 2 is 1.83 bits per heavy atom. The third-order valence-electron chi connectivity index (χ3n) is 3.30. The highest BCUT2D eigenvalue weighted by atomic mass is 32.2. The summed E-state index contributed by atoms with van der Waals surface area (Å²) in [6, 6.07) is 11.5. The second-order valence-electron chi connectivity index (χ2n) is 4.81. The van der Waals surface area contributed by atoms with E-state index in [1.807, 2.05) is 0 Å². The van der Waals surface area contributed by atoms with Gasteiger partial charge in [-0.3, -0.25) is 19.8 Å². The first-order valence-corrected chi connectivity index (χ1v) is 7.97. The van der Waals surface area contributed by atoms with E-state index in [-0.39, 0.29) is 14.9 Å². The van der Waals surface area contributed by atoms with Crippen LogP contribution in [0.3, 0.4) is 0 Å². The van der Waals surface area contributed by atoms with Crippen molar-refractivity contribution < 1.29 is 14.1 Å². The molecule has 0 N–H and O–H groups in total. The second-order valence-corrected chi connectivity index (χ2v) is 6.49. The van der Waals surface area contributed by atoms with Gasteiger partial charge in [0.15, 0.2) is 4.32 Å². The molecule has 0 bridgehead atoms. The minimum Gasteiger partial charge on any atom is -0.268 e. The lowest BCUT2D eigenvalue weighted by Crippen LogP contribution is -2.27. The van der Waals surface area contributed by atoms with E-state index in [0.29, 0.717) is 11.3 Å². The smallest absolute Gasteiger partial charge is 0.268 e. The Bertz CT molecular complexity index is 881. The summed E-state index contributed by atoms with van der Waals surface area (Å²) >= 11 is 6.26. The fourth-order valence-corrected chi connectivity index (χ4v) is 3.49. The zero-order valence-electron chi connectivity index (χ0n) is 12.0. The molecule has 3 rings (SSSR count). The van der Waals surface area contributed by atoms with Crippen molar-refractivity contribution in [1.82, 2.24) is 0 Å². The summed E-state index contributed by atoms with van der Waals surface area (Å²) in [6.07, 6.45) is 1.45. The molecular weight excluding hydrogens is 351 g/mol. The van der Waals surface area contributed by atoms with Crippen molar-refractivity contribution in [2.75, 3.05) is 4.90 Å². The number of nitrogens with zero attached hydrogens (tertiary/aromatic N) is 2. The van der Waals surface area contributed by atoms with Gasteiger partial charge in [-0.25, -0.2) is 4.39 Å². The Kier molecular flexibility index (Phi) is 4.41. The van der Waals surface area contributed by atoms with Crippen molar-refractivity contribution in [1.29, 1.82) is 0 Å². The molecule has 0 spiro atoms. The predicted octanol–water partition coefficient (Wildman–Crippen LogP) is 4.14. The van der Waals surface area contributed by atoms with Crippen LogP contribution in [0, 0.1) is 15.9 Å². The molecule has 24 heavy (non-hydrogen) atoms. The average molecular weight is 360 g/mol. The summed E-state index contributed by atoms with van der Waals surface area (Å²) in [5, 5.41) is 11.1. The number of amides is 1. The van der Waals surface area contributed by atoms with Crippen LogP contribution >= 0.6 is 24.0 Å². The first-order valence-electron chi connectivity index (χ1n) is 6.74. The number of hydrogen-bond donors (Lipinski definition) is 0. The molecule has 2 aromatic carbocycles. The van der Waals surface area contributed by atoms with Crippen LogP contribution in [-0.4, -0.2) is 15.2 Å². The molecule has 0 atom stereocenters. The molecule has 0 unspecified atom stereocenters. The first kappa shape index (κ1) is 16.3. The summed E-state index contributed by atoms with van der Waals surface area (Å²) in [6.45, 7) is 0. The molecule has 120 valence electrons. The Morgan fingerprint density at radius 3 is 2.50 bits per heavy atom. The highest BCUT2D eigenvalue weighted by molar-refractivity contribution is 8.27. The van der Waals surface area contributed by atoms with Crippen LogP contribution in [0.1, 0.15) is 5.56 Å². The van der Waals surface area contributed by atoms with E-state index in [4.69, 9.17) is 12.2 Å². The number of carbonyl (C=O) groups is 1. The number of thiocarbonyl (C=S) groups is 1. The average Bonchev–Trinajstić information content (AvgIpc) is 2.83. The van der Waals surface area contributed by atoms with Gasteiger partial charge in [0.1, 0.15) is 5.82 Å². The summed E-state index contributed by atoms with van der Waals surface area (Å²) in [5.74, 6) is -0.811. The Hall–Kier alpha value is -2.58. The summed E-state index contributed by atoms with van der Waals surface area (Å²) < 4.78 is 13.3. The van der Waals surface area contributed by atoms with Gasteiger partial charge in [-0.05, 0) is 36.4 Å². The van der Waals surface area contributed by atoms with Crippen molar-refractivity contribution in [2.24, 2.45) is 0 Å². The summed E-state index contributed by atoms with van der Waals surface area (Å²) in [4.78, 5) is 24.7. The molecule has 0 saturated carbocycles. The van der Waals surface area contributed by atoms with Gasteiger partial charge in [0.2, 0.25) is 0 Å². The van der Waals surface area contributed by atoms with E-state index >= 15 is 0 Å². The molecule has 1 aliphatic heterocycles. The molecule has 1 amide bonds. The van der Waals surface area contributed by atoms with Crippen molar-refractivity contribution in [3.8, 4) is 0 Å². The minimum atomic E-state index is -0.507. The van der Waals surface area contributed by atoms with Crippen LogP contribution in [0.4, 0.5) is 15.8 Å². The molecule has 8 heteroatoms. The summed E-state index contributed by atoms with van der Waals surface area (Å²) in [5.41, 5.74) is 0.677. The SMILES string of the molecule is O=C1C(=Cc2ccccc2[N+](=O)[O-])SC(=S)N1c1ccc(F)cc1. The van der Waals surface area contributed by atoms with Crippen molar-refractivity contribution in [3.63, 3.8) is 0 Å². The molecule has 0 aromatic heterocycles. The molecule has 0 radical (unpaired) electrons. The van der Waals surface area contributed by atoms with Gasteiger partial charge in [-0.2, -0.15) is 0 Å². The van der Waals surface area contributed by atoms with Crippen molar-refractivity contribution in [3.05, 3.63) is 74.9 Å². The second kappa shape index (κ2) is 6.50. The molecule has 1 fully saturated rings. The van der Waals surface area contributed by atoms with Crippen molar-refractivity contribution >= 4 is 51.7 Å². The Balaban J connectivity index is 1.97. The Labute approximate surface area is 145 Å². The maximum Gasteiger partial charge on any atom is 0.276 e. The molecule has 5 nitrogen and oxygen atoms in total. The van der Waals surface area contributed by atoms with Crippen LogP contribution in [-0.2, 0) is 4.79 Å². The molecule has 1 saturated heterocycles. The van der Waals surface area contributed by atoms with E-state index < -0.39 is 16.6 Å². The molecular formula is C16H9FN2O3S2. The minimum absolute atomic E-state index is 0.0930. The van der Waals surface area contributed by atoms with Crippen LogP contribution in [0.25, 0.3) is 6.08 Å². The van der Waals surface area contributed by atoms with Crippen LogP contribution in [0.2, 0.25) is 0 Å². The van der Waals surface area contributed by atoms with Gasteiger partial charge in [-0.15, -0.1) is 0 Å². The summed E-state index contributed by atoms with van der Waals surface area (Å²) in [7, 11) is 0. The number of para-hydroxylation sites is 1. The van der Waals surface area contributed by atoms with Gasteiger partial charge < -0.3 is 0 Å². The lowest BCUT2D eigenvalue weighted by Gasteiger charge is -2.14. The van der Waals surface area contributed by atoms with E-state index in [9.17, 15) is 19.3 Å². The molecule has 1 heterocycles. The highest BCUT2D eigenvalue weighted by Crippen LogP contribution is 2.37. The number of nitro groups is 1. The third kappa shape index (κ3) is 3.06. The van der Waals surface area contributed by atoms with Crippen LogP contribution < -0.4 is 4.90 Å². The fourth-order valence-electron chi connectivity index (χ4n) is 2.20. The maximum absolute atomic E-state index is 13.0. The van der Waals surface area contributed by atoms with Crippen LogP contribution in [0.15, 0.2) is 53.4 Å². The normalized spacial score (nSPS) is 16.0. The number of hydrogen-bond acceptors (Lipinski definition) is 5. The van der Waals surface area contributed by atoms with Gasteiger partial charge in [0, 0.05) is 6.07 Å². The highest BCUT2D eigenvalue weighted by Gasteiger charge is 2.33. The van der Waals surface area contributed by atoms with Crippen LogP contribution in [0.5, 0.6) is 0 Å². The molecule has 0 aliphatic carbocycles. The third-order valence-corrected chi connectivity index (χ3v) is 4.60. The molecule has 2 aromatic rings. The number of rotatable bonds is 3.